The number of esters is 2. The van der Waals surface area contributed by atoms with Crippen LogP contribution >= 0.6 is 0 Å². The number of benzene rings is 2. The fraction of sp³-hybridized carbons (Fsp3) is 0.190. The van der Waals surface area contributed by atoms with E-state index in [0.29, 0.717) is 16.5 Å². The quantitative estimate of drug-likeness (QED) is 0.519. The minimum absolute atomic E-state index is 0.101. The zero-order valence-corrected chi connectivity index (χ0v) is 15.2. The standard InChI is InChI=1S/C21H18O6/c1-12-8-17-14(10-19(22)27-18(17)9-13(12)2)11-26-21(24)16-7-5-4-6-15(16)20(23)25-3/h4-10H,11H2,1-3H3. The van der Waals surface area contributed by atoms with Crippen LogP contribution in [-0.4, -0.2) is 19.0 Å². The Morgan fingerprint density at radius 3 is 2.26 bits per heavy atom. The van der Waals surface area contributed by atoms with Crippen molar-refractivity contribution in [1.29, 1.82) is 0 Å². The molecule has 0 spiro atoms. The topological polar surface area (TPSA) is 82.8 Å². The normalized spacial score (nSPS) is 10.6. The Hall–Kier alpha value is -3.41. The second kappa shape index (κ2) is 7.45. The molecule has 0 N–H and O–H groups in total. The highest BCUT2D eigenvalue weighted by atomic mass is 16.5. The molecule has 0 bridgehead atoms. The molecular formula is C21H18O6. The molecular weight excluding hydrogens is 348 g/mol. The molecule has 0 saturated carbocycles. The number of rotatable bonds is 4. The van der Waals surface area contributed by atoms with Gasteiger partial charge in [-0.3, -0.25) is 0 Å². The first-order valence-corrected chi connectivity index (χ1v) is 8.29. The van der Waals surface area contributed by atoms with Gasteiger partial charge in [-0.2, -0.15) is 0 Å². The fourth-order valence-corrected chi connectivity index (χ4v) is 2.77. The minimum Gasteiger partial charge on any atom is -0.465 e. The smallest absolute Gasteiger partial charge is 0.339 e. The maximum atomic E-state index is 12.5. The van der Waals surface area contributed by atoms with E-state index in [1.165, 1.54) is 25.3 Å². The molecule has 3 rings (SSSR count). The minimum atomic E-state index is -0.679. The molecule has 1 aromatic heterocycles. The van der Waals surface area contributed by atoms with Crippen molar-refractivity contribution in [1.82, 2.24) is 0 Å². The first kappa shape index (κ1) is 18.4. The first-order chi connectivity index (χ1) is 12.9. The highest BCUT2D eigenvalue weighted by Crippen LogP contribution is 2.22. The third-order valence-electron chi connectivity index (χ3n) is 4.36. The van der Waals surface area contributed by atoms with Crippen LogP contribution in [0.5, 0.6) is 0 Å². The zero-order valence-electron chi connectivity index (χ0n) is 15.2. The molecule has 0 radical (unpaired) electrons. The zero-order chi connectivity index (χ0) is 19.6. The van der Waals surface area contributed by atoms with Crippen LogP contribution < -0.4 is 5.63 Å². The summed E-state index contributed by atoms with van der Waals surface area (Å²) < 4.78 is 15.3. The Kier molecular flexibility index (Phi) is 5.07. The van der Waals surface area contributed by atoms with Gasteiger partial charge in [-0.15, -0.1) is 0 Å². The van der Waals surface area contributed by atoms with Crippen LogP contribution in [0.3, 0.4) is 0 Å². The van der Waals surface area contributed by atoms with Gasteiger partial charge in [0.2, 0.25) is 0 Å². The lowest BCUT2D eigenvalue weighted by atomic mass is 10.0. The van der Waals surface area contributed by atoms with E-state index in [1.54, 1.807) is 18.2 Å². The van der Waals surface area contributed by atoms with E-state index in [-0.39, 0.29) is 17.7 Å². The van der Waals surface area contributed by atoms with Crippen LogP contribution in [0, 0.1) is 13.8 Å². The summed E-state index contributed by atoms with van der Waals surface area (Å²) in [4.78, 5) is 36.1. The van der Waals surface area contributed by atoms with Crippen LogP contribution in [-0.2, 0) is 16.1 Å². The van der Waals surface area contributed by atoms with Crippen LogP contribution in [0.15, 0.2) is 51.7 Å². The number of carbonyl (C=O) groups is 2. The van der Waals surface area contributed by atoms with Gasteiger partial charge in [0.05, 0.1) is 18.2 Å². The summed E-state index contributed by atoms with van der Waals surface area (Å²) in [6.45, 7) is 3.74. The predicted molar refractivity (Wildman–Crippen MR) is 98.9 cm³/mol. The van der Waals surface area contributed by atoms with Crippen molar-refractivity contribution in [2.45, 2.75) is 20.5 Å². The molecule has 138 valence electrons. The monoisotopic (exact) mass is 366 g/mol. The molecule has 0 amide bonds. The van der Waals surface area contributed by atoms with Crippen molar-refractivity contribution < 1.29 is 23.5 Å². The third kappa shape index (κ3) is 3.74. The van der Waals surface area contributed by atoms with Gasteiger partial charge in [0.15, 0.2) is 0 Å². The summed E-state index contributed by atoms with van der Waals surface area (Å²) in [5, 5.41) is 0.701. The highest BCUT2D eigenvalue weighted by Gasteiger charge is 2.19. The average Bonchev–Trinajstić information content (AvgIpc) is 2.66. The van der Waals surface area contributed by atoms with Crippen molar-refractivity contribution in [3.05, 3.63) is 80.7 Å². The SMILES string of the molecule is COC(=O)c1ccccc1C(=O)OCc1cc(=O)oc2cc(C)c(C)cc12. The van der Waals surface area contributed by atoms with Crippen LogP contribution in [0.4, 0.5) is 0 Å². The number of hydrogen-bond acceptors (Lipinski definition) is 6. The molecule has 6 nitrogen and oxygen atoms in total. The van der Waals surface area contributed by atoms with Gasteiger partial charge >= 0.3 is 17.6 Å². The largest absolute Gasteiger partial charge is 0.465 e. The molecule has 27 heavy (non-hydrogen) atoms. The number of methoxy groups -OCH3 is 1. The van der Waals surface area contributed by atoms with Gasteiger partial charge in [-0.25, -0.2) is 14.4 Å². The van der Waals surface area contributed by atoms with Crippen LogP contribution in [0.1, 0.15) is 37.4 Å². The van der Waals surface area contributed by atoms with Crippen LogP contribution in [0.2, 0.25) is 0 Å². The van der Waals surface area contributed by atoms with E-state index < -0.39 is 17.6 Å². The number of carbonyl (C=O) groups excluding carboxylic acids is 2. The second-order valence-electron chi connectivity index (χ2n) is 6.14. The average molecular weight is 366 g/mol. The fourth-order valence-electron chi connectivity index (χ4n) is 2.77. The number of fused-ring (bicyclic) bond motifs is 1. The van der Waals surface area contributed by atoms with E-state index in [0.717, 1.165) is 11.1 Å². The molecule has 1 heterocycles. The van der Waals surface area contributed by atoms with E-state index in [4.69, 9.17) is 9.15 Å². The lowest BCUT2D eigenvalue weighted by Gasteiger charge is -2.10. The number of hydrogen-bond donors (Lipinski definition) is 0. The van der Waals surface area contributed by atoms with E-state index in [9.17, 15) is 14.4 Å². The molecule has 0 unspecified atom stereocenters. The molecule has 0 aliphatic rings. The van der Waals surface area contributed by atoms with Gasteiger partial charge in [0.1, 0.15) is 12.2 Å². The summed E-state index contributed by atoms with van der Waals surface area (Å²) in [5.41, 5.74) is 2.69. The van der Waals surface area contributed by atoms with E-state index in [1.807, 2.05) is 19.9 Å². The maximum Gasteiger partial charge on any atom is 0.339 e. The third-order valence-corrected chi connectivity index (χ3v) is 4.36. The van der Waals surface area contributed by atoms with Crippen molar-refractivity contribution in [3.8, 4) is 0 Å². The summed E-state index contributed by atoms with van der Waals surface area (Å²) in [7, 11) is 1.24. The molecule has 0 saturated heterocycles. The predicted octanol–water partition coefficient (Wildman–Crippen LogP) is 3.55. The van der Waals surface area contributed by atoms with Crippen molar-refractivity contribution in [2.24, 2.45) is 0 Å². The molecule has 3 aromatic rings. The Labute approximate surface area is 155 Å². The van der Waals surface area contributed by atoms with Crippen molar-refractivity contribution in [3.63, 3.8) is 0 Å². The Morgan fingerprint density at radius 1 is 0.963 bits per heavy atom. The van der Waals surface area contributed by atoms with E-state index >= 15 is 0 Å². The highest BCUT2D eigenvalue weighted by molar-refractivity contribution is 6.03. The summed E-state index contributed by atoms with van der Waals surface area (Å²) in [6, 6.07) is 11.2. The van der Waals surface area contributed by atoms with E-state index in [2.05, 4.69) is 4.74 Å². The molecule has 6 heteroatoms. The Morgan fingerprint density at radius 2 is 1.59 bits per heavy atom. The maximum absolute atomic E-state index is 12.5. The lowest BCUT2D eigenvalue weighted by Crippen LogP contribution is -2.13. The van der Waals surface area contributed by atoms with Gasteiger partial charge in [0, 0.05) is 17.0 Å². The first-order valence-electron chi connectivity index (χ1n) is 8.29. The summed E-state index contributed by atoms with van der Waals surface area (Å²) in [6.07, 6.45) is 0. The van der Waals surface area contributed by atoms with Gasteiger partial charge in [-0.05, 0) is 49.2 Å². The van der Waals surface area contributed by atoms with Gasteiger partial charge in [0.25, 0.3) is 0 Å². The van der Waals surface area contributed by atoms with Crippen molar-refractivity contribution >= 4 is 22.9 Å². The lowest BCUT2D eigenvalue weighted by molar-refractivity contribution is 0.0458. The number of ether oxygens (including phenoxy) is 2. The van der Waals surface area contributed by atoms with Gasteiger partial charge < -0.3 is 13.9 Å². The molecule has 0 aliphatic heterocycles. The summed E-state index contributed by atoms with van der Waals surface area (Å²) in [5.74, 6) is -1.30. The number of aryl methyl sites for hydroxylation is 2. The van der Waals surface area contributed by atoms with Crippen molar-refractivity contribution in [2.75, 3.05) is 7.11 Å². The van der Waals surface area contributed by atoms with Gasteiger partial charge in [-0.1, -0.05) is 12.1 Å². The molecule has 0 atom stereocenters. The summed E-state index contributed by atoms with van der Waals surface area (Å²) >= 11 is 0. The Bertz CT molecular complexity index is 1090. The molecule has 0 aliphatic carbocycles. The Balaban J connectivity index is 1.92. The molecule has 0 fully saturated rings. The van der Waals surface area contributed by atoms with Crippen LogP contribution in [0.25, 0.3) is 11.0 Å². The molecule has 2 aromatic carbocycles. The second-order valence-corrected chi connectivity index (χ2v) is 6.14.